The minimum Gasteiger partial charge on any atom is -0.744 e. The summed E-state index contributed by atoms with van der Waals surface area (Å²) >= 11 is 0. The summed E-state index contributed by atoms with van der Waals surface area (Å²) in [6.45, 7) is 0. The third kappa shape index (κ3) is 8360. The molecule has 0 amide bonds. The molecule has 144 valence electrons. The summed E-state index contributed by atoms with van der Waals surface area (Å²) < 4.78 is 102. The van der Waals surface area contributed by atoms with Crippen molar-refractivity contribution in [1.82, 2.24) is 0 Å². The first-order valence-electron chi connectivity index (χ1n) is 3.29. The maximum Gasteiger partial charge on any atom is 2.00 e. The second-order valence-corrected chi connectivity index (χ2v) is 4.02. The molecule has 0 atom stereocenters. The van der Waals surface area contributed by atoms with Crippen LogP contribution in [0.3, 0.4) is 0 Å². The van der Waals surface area contributed by atoms with Gasteiger partial charge in [0.1, 0.15) is 0 Å². The van der Waals surface area contributed by atoms with Crippen molar-refractivity contribution in [3.63, 3.8) is 0 Å². The first-order chi connectivity index (χ1) is 10.4. The van der Waals surface area contributed by atoms with Gasteiger partial charge in [-0.15, -0.1) is 0 Å². The van der Waals surface area contributed by atoms with E-state index in [0.29, 0.717) is 0 Å². The fourth-order valence-corrected chi connectivity index (χ4v) is 0. The third-order valence-electron chi connectivity index (χ3n) is 0. The minimum atomic E-state index is -3.37. The Hall–Kier alpha value is 1.46. The quantitative estimate of drug-likeness (QED) is 0.204. The second-order valence-electron chi connectivity index (χ2n) is 1.34. The number of hydrogen-bond acceptors (Lipinski definition) is 18. The van der Waals surface area contributed by atoms with Crippen molar-refractivity contribution in [2.75, 3.05) is 0 Å². The zero-order valence-electron chi connectivity index (χ0n) is 12.2. The molecule has 0 aliphatic heterocycles. The third-order valence-corrected chi connectivity index (χ3v) is 0. The fraction of sp³-hybridized carbons (Fsp3) is 0. The average Bonchev–Trinajstić information content (AvgIpc) is 2.08. The smallest absolute Gasteiger partial charge is 0.744 e. The first kappa shape index (κ1) is 56.7. The molecule has 0 aliphatic carbocycles. The van der Waals surface area contributed by atoms with Crippen LogP contribution in [-0.4, -0.2) is 69.2 Å². The molecule has 0 aromatic carbocycles. The van der Waals surface area contributed by atoms with E-state index in [1.165, 1.54) is 0 Å². The molecule has 0 aliphatic rings. The average molecular weight is 547 g/mol. The topological polar surface area (TPSA) is 343 Å². The Labute approximate surface area is 199 Å². The fourth-order valence-electron chi connectivity index (χ4n) is 0. The van der Waals surface area contributed by atoms with Gasteiger partial charge in [0.15, 0.2) is 0 Å². The van der Waals surface area contributed by atoms with E-state index in [-0.39, 0.29) is 69.2 Å². The van der Waals surface area contributed by atoms with Crippen LogP contribution in [0.15, 0.2) is 0 Å². The van der Waals surface area contributed by atoms with Crippen molar-refractivity contribution in [3.8, 4) is 0 Å². The molecule has 0 N–H and O–H groups in total. The van der Waals surface area contributed by atoms with Crippen molar-refractivity contribution >= 4 is 117 Å². The maximum absolute atomic E-state index is 8.48. The molecule has 0 aromatic heterocycles. The van der Waals surface area contributed by atoms with Gasteiger partial charge < -0.3 is 29.4 Å². The summed E-state index contributed by atoms with van der Waals surface area (Å²) in [7, 11) is -20.2. The van der Waals surface area contributed by atoms with Crippen molar-refractivity contribution in [3.05, 3.63) is 0 Å². The van der Waals surface area contributed by atoms with Crippen LogP contribution in [0, 0.1) is 0 Å². The van der Waals surface area contributed by atoms with Crippen LogP contribution in [-0.2, 0) is 54.8 Å². The Balaban J connectivity index is -0.0000000201. The Morgan fingerprint density at radius 1 is 0.259 bits per heavy atom. The van der Waals surface area contributed by atoms with Crippen LogP contribution in [0.25, 0.3) is 0 Å². The molecule has 0 spiro atoms. The Morgan fingerprint density at radius 3 is 0.259 bits per heavy atom. The van der Waals surface area contributed by atoms with Gasteiger partial charge in [-0.1, -0.05) is 0 Å². The van der Waals surface area contributed by atoms with E-state index >= 15 is 0 Å². The Morgan fingerprint density at radius 2 is 0.259 bits per heavy atom. The Bertz CT molecular complexity index is 479. The molecular formula is Mg3O18P6. The van der Waals surface area contributed by atoms with E-state index in [4.69, 9.17) is 84.1 Å². The van der Waals surface area contributed by atoms with E-state index in [1.54, 1.807) is 0 Å². The molecule has 0 heterocycles. The van der Waals surface area contributed by atoms with Crippen LogP contribution < -0.4 is 29.4 Å². The first-order valence-corrected chi connectivity index (χ1v) is 9.86. The van der Waals surface area contributed by atoms with Gasteiger partial charge in [0.2, 0.25) is 47.4 Å². The van der Waals surface area contributed by atoms with Gasteiger partial charge in [-0.05, 0) is 0 Å². The molecular weight excluding hydrogens is 547 g/mol. The van der Waals surface area contributed by atoms with Gasteiger partial charge in [-0.3, -0.25) is 54.8 Å². The van der Waals surface area contributed by atoms with Gasteiger partial charge >= 0.3 is 69.2 Å². The van der Waals surface area contributed by atoms with Crippen LogP contribution in [0.2, 0.25) is 0 Å². The van der Waals surface area contributed by atoms with Crippen molar-refractivity contribution in [2.24, 2.45) is 0 Å². The Kier molecular flexibility index (Phi) is 107. The molecule has 0 saturated heterocycles. The summed E-state index contributed by atoms with van der Waals surface area (Å²) in [6.07, 6.45) is 0. The van der Waals surface area contributed by atoms with E-state index < -0.39 is 47.4 Å². The van der Waals surface area contributed by atoms with Gasteiger partial charge in [0, 0.05) is 0 Å². The number of hydrogen-bond donors (Lipinski definition) is 0. The number of rotatable bonds is 0. The molecule has 0 aromatic rings. The zero-order chi connectivity index (χ0) is 21.5. The summed E-state index contributed by atoms with van der Waals surface area (Å²) in [5.74, 6) is 0. The van der Waals surface area contributed by atoms with Crippen LogP contribution in [0.1, 0.15) is 0 Å². The largest absolute Gasteiger partial charge is 2.00 e. The van der Waals surface area contributed by atoms with E-state index in [0.717, 1.165) is 0 Å². The summed E-state index contributed by atoms with van der Waals surface area (Å²) in [6, 6.07) is 0. The molecule has 0 fully saturated rings. The van der Waals surface area contributed by atoms with Crippen LogP contribution >= 0.6 is 47.4 Å². The SMILES string of the molecule is O=P(=O)[O-].O=P(=O)[O-].O=P(=O)[O-].O=P(=O)[O-].O=P(=O)[O-].O=P(=O)[O-].[Mg+2].[Mg+2].[Mg+2]. The summed E-state index contributed by atoms with van der Waals surface area (Å²) in [5.41, 5.74) is 0. The monoisotopic (exact) mass is 546 g/mol. The molecule has 27 heteroatoms. The molecule has 0 saturated carbocycles. The van der Waals surface area contributed by atoms with Crippen molar-refractivity contribution < 1.29 is 84.1 Å². The van der Waals surface area contributed by atoms with E-state index in [2.05, 4.69) is 0 Å². The zero-order valence-corrected chi connectivity index (χ0v) is 21.8. The predicted molar refractivity (Wildman–Crippen MR) is 67.0 cm³/mol. The van der Waals surface area contributed by atoms with E-state index in [1.807, 2.05) is 0 Å². The van der Waals surface area contributed by atoms with Crippen molar-refractivity contribution in [1.29, 1.82) is 0 Å². The normalized spacial score (nSPS) is 5.56. The van der Waals surface area contributed by atoms with Gasteiger partial charge in [-0.2, -0.15) is 0 Å². The summed E-state index contributed by atoms with van der Waals surface area (Å²) in [4.78, 5) is 50.9. The molecule has 0 unspecified atom stereocenters. The summed E-state index contributed by atoms with van der Waals surface area (Å²) in [5, 5.41) is 0. The van der Waals surface area contributed by atoms with Gasteiger partial charge in [0.05, 0.1) is 0 Å². The maximum atomic E-state index is 8.48. The molecule has 0 radical (unpaired) electrons. The molecule has 27 heavy (non-hydrogen) atoms. The molecule has 0 bridgehead atoms. The van der Waals surface area contributed by atoms with Crippen molar-refractivity contribution in [2.45, 2.75) is 0 Å². The second kappa shape index (κ2) is 50.8. The molecule has 18 nitrogen and oxygen atoms in total. The minimum absolute atomic E-state index is 0. The predicted octanol–water partition coefficient (Wildman–Crippen LogP) is -4.53. The molecule has 0 rings (SSSR count). The van der Waals surface area contributed by atoms with Gasteiger partial charge in [-0.25, -0.2) is 0 Å². The standard InChI is InChI=1S/3Mg.6HO3P/c;;;6*1-4(2)3/h;;;6*(H,1,2,3)/q3*+2;;;;;;/p-6. The van der Waals surface area contributed by atoms with Crippen LogP contribution in [0.5, 0.6) is 0 Å². The van der Waals surface area contributed by atoms with Gasteiger partial charge in [0.25, 0.3) is 0 Å². The van der Waals surface area contributed by atoms with E-state index in [9.17, 15) is 0 Å². The van der Waals surface area contributed by atoms with Crippen LogP contribution in [0.4, 0.5) is 0 Å².